The molecule has 4 rings (SSSR count). The first kappa shape index (κ1) is 16.0. The molecule has 0 amide bonds. The van der Waals surface area contributed by atoms with E-state index >= 15 is 0 Å². The molecule has 0 aliphatic carbocycles. The third-order valence-electron chi connectivity index (χ3n) is 4.38. The van der Waals surface area contributed by atoms with Gasteiger partial charge in [0, 0.05) is 35.9 Å². The molecule has 0 N–H and O–H groups in total. The molecule has 3 aromatic rings. The highest BCUT2D eigenvalue weighted by atomic mass is 16.6. The highest BCUT2D eigenvalue weighted by Gasteiger charge is 2.20. The van der Waals surface area contributed by atoms with Crippen molar-refractivity contribution in [2.45, 2.75) is 6.42 Å². The Morgan fingerprint density at radius 3 is 2.65 bits per heavy atom. The van der Waals surface area contributed by atoms with Gasteiger partial charge in [0.25, 0.3) is 5.69 Å². The zero-order valence-electron chi connectivity index (χ0n) is 14.0. The van der Waals surface area contributed by atoms with Gasteiger partial charge in [-0.1, -0.05) is 6.07 Å². The van der Waals surface area contributed by atoms with Crippen LogP contribution < -0.4 is 4.74 Å². The molecule has 1 aromatic heterocycles. The third-order valence-corrected chi connectivity index (χ3v) is 4.38. The van der Waals surface area contributed by atoms with Crippen molar-refractivity contribution in [1.29, 1.82) is 0 Å². The smallest absolute Gasteiger partial charge is 0.269 e. The minimum Gasteiger partial charge on any atom is -0.497 e. The highest BCUT2D eigenvalue weighted by Crippen LogP contribution is 2.31. The second kappa shape index (κ2) is 6.40. The Kier molecular flexibility index (Phi) is 3.93. The van der Waals surface area contributed by atoms with Crippen molar-refractivity contribution in [2.24, 2.45) is 4.99 Å². The molecule has 26 heavy (non-hydrogen) atoms. The van der Waals surface area contributed by atoms with Crippen LogP contribution in [0.3, 0.4) is 0 Å². The molecule has 6 nitrogen and oxygen atoms in total. The number of methoxy groups -OCH3 is 1. The molecule has 6 heteroatoms. The molecule has 0 bridgehead atoms. The van der Waals surface area contributed by atoms with Crippen molar-refractivity contribution >= 4 is 17.1 Å². The van der Waals surface area contributed by atoms with E-state index in [0.29, 0.717) is 6.42 Å². The summed E-state index contributed by atoms with van der Waals surface area (Å²) in [6.07, 6.45) is 2.42. The Bertz CT molecular complexity index is 1030. The summed E-state index contributed by atoms with van der Waals surface area (Å²) in [6, 6.07) is 16.1. The lowest BCUT2D eigenvalue weighted by Crippen LogP contribution is -2.06. The Balaban J connectivity index is 1.93. The van der Waals surface area contributed by atoms with E-state index in [4.69, 9.17) is 9.73 Å². The minimum atomic E-state index is -0.408. The van der Waals surface area contributed by atoms with Crippen molar-refractivity contribution in [3.8, 4) is 5.75 Å². The summed E-state index contributed by atoms with van der Waals surface area (Å²) in [6.45, 7) is 0. The van der Waals surface area contributed by atoms with Crippen LogP contribution in [0.25, 0.3) is 0 Å². The fourth-order valence-corrected chi connectivity index (χ4v) is 3.05. The first-order valence-corrected chi connectivity index (χ1v) is 8.10. The van der Waals surface area contributed by atoms with Crippen LogP contribution in [0.2, 0.25) is 0 Å². The number of nitro groups is 1. The maximum atomic E-state index is 10.9. The fraction of sp³-hybridized carbons (Fsp3) is 0.100. The van der Waals surface area contributed by atoms with Gasteiger partial charge >= 0.3 is 0 Å². The second-order valence-corrected chi connectivity index (χ2v) is 5.93. The summed E-state index contributed by atoms with van der Waals surface area (Å²) in [7, 11) is 1.62. The van der Waals surface area contributed by atoms with Gasteiger partial charge in [0.05, 0.1) is 29.1 Å². The average molecular weight is 345 g/mol. The van der Waals surface area contributed by atoms with Crippen LogP contribution in [0.1, 0.15) is 22.4 Å². The summed E-state index contributed by atoms with van der Waals surface area (Å²) in [5.41, 5.74) is 5.33. The second-order valence-electron chi connectivity index (χ2n) is 5.93. The molecule has 0 unspecified atom stereocenters. The number of non-ortho nitro benzene ring substituents is 1. The van der Waals surface area contributed by atoms with E-state index in [2.05, 4.69) is 4.98 Å². The molecule has 2 heterocycles. The molecule has 1 aliphatic rings. The summed E-state index contributed by atoms with van der Waals surface area (Å²) < 4.78 is 5.37. The number of benzene rings is 2. The molecular formula is C20H15N3O3. The molecule has 0 fully saturated rings. The number of ether oxygens (including phenoxy) is 1. The van der Waals surface area contributed by atoms with Crippen molar-refractivity contribution < 1.29 is 9.66 Å². The maximum absolute atomic E-state index is 10.9. The van der Waals surface area contributed by atoms with Gasteiger partial charge in [-0.05, 0) is 42.0 Å². The first-order chi connectivity index (χ1) is 12.7. The van der Waals surface area contributed by atoms with Gasteiger partial charge in [0.1, 0.15) is 5.75 Å². The van der Waals surface area contributed by atoms with Crippen LogP contribution in [0.5, 0.6) is 5.75 Å². The highest BCUT2D eigenvalue weighted by molar-refractivity contribution is 6.15. The Morgan fingerprint density at radius 2 is 1.92 bits per heavy atom. The van der Waals surface area contributed by atoms with Crippen LogP contribution in [0.4, 0.5) is 11.4 Å². The van der Waals surface area contributed by atoms with Gasteiger partial charge < -0.3 is 4.74 Å². The largest absolute Gasteiger partial charge is 0.497 e. The lowest BCUT2D eigenvalue weighted by Gasteiger charge is -2.11. The predicted octanol–water partition coefficient (Wildman–Crippen LogP) is 4.07. The van der Waals surface area contributed by atoms with Gasteiger partial charge in [0.15, 0.2) is 0 Å². The van der Waals surface area contributed by atoms with E-state index in [0.717, 1.165) is 39.5 Å². The summed E-state index contributed by atoms with van der Waals surface area (Å²) in [5, 5.41) is 10.9. The zero-order valence-corrected chi connectivity index (χ0v) is 14.0. The van der Waals surface area contributed by atoms with Crippen molar-refractivity contribution in [3.63, 3.8) is 0 Å². The number of aliphatic imine (C=N–C) groups is 1. The summed E-state index contributed by atoms with van der Waals surface area (Å²) in [4.78, 5) is 19.8. The van der Waals surface area contributed by atoms with Gasteiger partial charge in [-0.15, -0.1) is 0 Å². The van der Waals surface area contributed by atoms with Gasteiger partial charge in [-0.3, -0.25) is 15.1 Å². The van der Waals surface area contributed by atoms with Crippen molar-refractivity contribution in [3.05, 3.63) is 93.3 Å². The SMILES string of the molecule is COc1ccc2c(c1)C(c1ccc([N+](=O)[O-])cc1)=Nc1cccnc1C2. The number of pyridine rings is 1. The van der Waals surface area contributed by atoms with Crippen LogP contribution in [0.15, 0.2) is 65.8 Å². The topological polar surface area (TPSA) is 77.6 Å². The molecule has 0 atom stereocenters. The lowest BCUT2D eigenvalue weighted by atomic mass is 9.95. The summed E-state index contributed by atoms with van der Waals surface area (Å²) >= 11 is 0. The van der Waals surface area contributed by atoms with E-state index in [1.165, 1.54) is 12.1 Å². The number of hydrogen-bond acceptors (Lipinski definition) is 5. The first-order valence-electron chi connectivity index (χ1n) is 8.10. The lowest BCUT2D eigenvalue weighted by molar-refractivity contribution is -0.384. The standard InChI is InChI=1S/C20H15N3O3/c1-26-16-9-6-14-11-19-18(3-2-10-21-19)22-20(17(14)12-16)13-4-7-15(8-5-13)23(24)25/h2-10,12H,11H2,1H3. The zero-order chi connectivity index (χ0) is 18.1. The van der Waals surface area contributed by atoms with Crippen molar-refractivity contribution in [2.75, 3.05) is 7.11 Å². The van der Waals surface area contributed by atoms with Crippen LogP contribution in [-0.4, -0.2) is 22.7 Å². The molecule has 0 saturated carbocycles. The number of nitro benzene ring substituents is 1. The number of rotatable bonds is 3. The third kappa shape index (κ3) is 2.82. The molecular weight excluding hydrogens is 330 g/mol. The number of aromatic nitrogens is 1. The molecule has 128 valence electrons. The number of nitrogens with zero attached hydrogens (tertiary/aromatic N) is 3. The van der Waals surface area contributed by atoms with E-state index in [1.54, 1.807) is 25.4 Å². The van der Waals surface area contributed by atoms with Gasteiger partial charge in [0.2, 0.25) is 0 Å². The summed E-state index contributed by atoms with van der Waals surface area (Å²) in [5.74, 6) is 0.734. The maximum Gasteiger partial charge on any atom is 0.269 e. The van der Waals surface area contributed by atoms with Crippen LogP contribution >= 0.6 is 0 Å². The van der Waals surface area contributed by atoms with Crippen LogP contribution in [0, 0.1) is 10.1 Å². The van der Waals surface area contributed by atoms with E-state index < -0.39 is 4.92 Å². The predicted molar refractivity (Wildman–Crippen MR) is 98.4 cm³/mol. The number of fused-ring (bicyclic) bond motifs is 2. The van der Waals surface area contributed by atoms with E-state index in [-0.39, 0.29) is 5.69 Å². The van der Waals surface area contributed by atoms with E-state index in [1.807, 2.05) is 30.3 Å². The van der Waals surface area contributed by atoms with Gasteiger partial charge in [-0.2, -0.15) is 0 Å². The molecule has 0 saturated heterocycles. The Labute approximate surface area is 150 Å². The minimum absolute atomic E-state index is 0.0518. The molecule has 1 aliphatic heterocycles. The molecule has 0 spiro atoms. The normalized spacial score (nSPS) is 12.4. The van der Waals surface area contributed by atoms with Crippen molar-refractivity contribution in [1.82, 2.24) is 4.98 Å². The van der Waals surface area contributed by atoms with E-state index in [9.17, 15) is 10.1 Å². The monoisotopic (exact) mass is 345 g/mol. The Morgan fingerprint density at radius 1 is 1.12 bits per heavy atom. The molecule has 2 aromatic carbocycles. The average Bonchev–Trinajstić information content (AvgIpc) is 2.84. The van der Waals surface area contributed by atoms with Gasteiger partial charge in [-0.25, -0.2) is 4.99 Å². The fourth-order valence-electron chi connectivity index (χ4n) is 3.05. The van der Waals surface area contributed by atoms with Crippen LogP contribution in [-0.2, 0) is 6.42 Å². The Hall–Kier alpha value is -3.54. The number of hydrogen-bond donors (Lipinski definition) is 0. The quantitative estimate of drug-likeness (QED) is 0.414. The molecule has 0 radical (unpaired) electrons.